The van der Waals surface area contributed by atoms with Gasteiger partial charge in [-0.25, -0.2) is 4.98 Å². The molecule has 31 heavy (non-hydrogen) atoms. The number of benzene rings is 2. The minimum atomic E-state index is -0.130. The molecule has 0 fully saturated rings. The second-order valence-electron chi connectivity index (χ2n) is 6.99. The monoisotopic (exact) mass is 430 g/mol. The quantitative estimate of drug-likeness (QED) is 0.311. The molecule has 0 saturated heterocycles. The third kappa shape index (κ3) is 3.53. The first-order valence-corrected chi connectivity index (χ1v) is 10.6. The van der Waals surface area contributed by atoms with E-state index in [9.17, 15) is 4.79 Å². The van der Waals surface area contributed by atoms with Crippen molar-refractivity contribution in [2.75, 3.05) is 5.32 Å². The van der Waals surface area contributed by atoms with E-state index in [0.717, 1.165) is 33.1 Å². The second-order valence-corrected chi connectivity index (χ2v) is 7.94. The molecular weight excluding hydrogens is 412 g/mol. The molecule has 0 bridgehead atoms. The third-order valence-electron chi connectivity index (χ3n) is 4.87. The summed E-state index contributed by atoms with van der Waals surface area (Å²) in [6.07, 6.45) is 1.84. The summed E-state index contributed by atoms with van der Waals surface area (Å²) in [7, 11) is 0. The summed E-state index contributed by atoms with van der Waals surface area (Å²) in [6, 6.07) is 13.5. The number of rotatable bonds is 6. The summed E-state index contributed by atoms with van der Waals surface area (Å²) in [5, 5.41) is 18.1. The van der Waals surface area contributed by atoms with E-state index in [1.807, 2.05) is 36.4 Å². The van der Waals surface area contributed by atoms with E-state index in [1.54, 1.807) is 12.1 Å². The van der Waals surface area contributed by atoms with Gasteiger partial charge >= 0.3 is 0 Å². The molecule has 0 atom stereocenters. The summed E-state index contributed by atoms with van der Waals surface area (Å²) in [6.45, 7) is 5.97. The lowest BCUT2D eigenvalue weighted by Gasteiger charge is -2.03. The van der Waals surface area contributed by atoms with Crippen molar-refractivity contribution in [1.82, 2.24) is 24.9 Å². The van der Waals surface area contributed by atoms with Gasteiger partial charge in [-0.05, 0) is 24.3 Å². The number of allylic oxidation sites excluding steroid dienone is 1. The Labute approximate surface area is 181 Å². The van der Waals surface area contributed by atoms with Crippen LogP contribution in [0.2, 0.25) is 0 Å². The van der Waals surface area contributed by atoms with E-state index in [4.69, 9.17) is 9.51 Å². The van der Waals surface area contributed by atoms with Crippen LogP contribution in [0.25, 0.3) is 33.0 Å². The molecule has 9 heteroatoms. The van der Waals surface area contributed by atoms with Crippen molar-refractivity contribution in [3.63, 3.8) is 0 Å². The van der Waals surface area contributed by atoms with E-state index < -0.39 is 0 Å². The summed E-state index contributed by atoms with van der Waals surface area (Å²) >= 11 is 1.43. The lowest BCUT2D eigenvalue weighted by Crippen LogP contribution is -2.05. The SMILES string of the molecule is C=CCn1c2ccccc2c2nnc(SCc3noc4ccc(NC(C)=O)cc34)nc21. The average Bonchev–Trinajstić information content (AvgIpc) is 3.31. The number of carbonyl (C=O) groups excluding carboxylic acids is 1. The number of hydrogen-bond acceptors (Lipinski definition) is 7. The van der Waals surface area contributed by atoms with Gasteiger partial charge in [0.25, 0.3) is 0 Å². The molecule has 1 N–H and O–H groups in total. The molecule has 1 amide bonds. The van der Waals surface area contributed by atoms with Crippen LogP contribution in [0, 0.1) is 0 Å². The Hall–Kier alpha value is -3.72. The second kappa shape index (κ2) is 7.84. The number of amides is 1. The van der Waals surface area contributed by atoms with Gasteiger partial charge in [-0.15, -0.1) is 16.8 Å². The van der Waals surface area contributed by atoms with Crippen molar-refractivity contribution in [3.8, 4) is 0 Å². The Morgan fingerprint density at radius 2 is 2.10 bits per heavy atom. The van der Waals surface area contributed by atoms with Crippen LogP contribution in [0.4, 0.5) is 5.69 Å². The molecule has 0 aliphatic carbocycles. The van der Waals surface area contributed by atoms with Gasteiger partial charge in [-0.3, -0.25) is 4.79 Å². The van der Waals surface area contributed by atoms with Gasteiger partial charge in [0.1, 0.15) is 11.2 Å². The maximum absolute atomic E-state index is 11.3. The minimum absolute atomic E-state index is 0.130. The van der Waals surface area contributed by atoms with Crippen LogP contribution in [-0.2, 0) is 17.1 Å². The third-order valence-corrected chi connectivity index (χ3v) is 5.72. The first-order valence-electron chi connectivity index (χ1n) is 9.65. The maximum Gasteiger partial charge on any atom is 0.221 e. The van der Waals surface area contributed by atoms with E-state index in [0.29, 0.717) is 28.7 Å². The van der Waals surface area contributed by atoms with Crippen LogP contribution in [0.3, 0.4) is 0 Å². The first-order chi connectivity index (χ1) is 15.1. The first kappa shape index (κ1) is 19.3. The number of hydrogen-bond donors (Lipinski definition) is 1. The van der Waals surface area contributed by atoms with Crippen LogP contribution in [0.5, 0.6) is 0 Å². The molecule has 0 unspecified atom stereocenters. The van der Waals surface area contributed by atoms with E-state index in [1.165, 1.54) is 18.7 Å². The van der Waals surface area contributed by atoms with Gasteiger partial charge in [-0.1, -0.05) is 41.2 Å². The van der Waals surface area contributed by atoms with Crippen LogP contribution in [0.1, 0.15) is 12.6 Å². The lowest BCUT2D eigenvalue weighted by atomic mass is 10.2. The summed E-state index contributed by atoms with van der Waals surface area (Å²) in [4.78, 5) is 16.1. The zero-order valence-electron chi connectivity index (χ0n) is 16.7. The molecule has 0 spiro atoms. The van der Waals surface area contributed by atoms with Crippen LogP contribution in [0.15, 0.2) is 64.8 Å². The standard InChI is InChI=1S/C22H18N6O2S/c1-3-10-28-18-7-5-4-6-15(18)20-21(28)24-22(26-25-20)31-12-17-16-11-14(23-13(2)29)8-9-19(16)30-27-17/h3-9,11H,1,10,12H2,2H3,(H,23,29). The van der Waals surface area contributed by atoms with Crippen LogP contribution in [-0.4, -0.2) is 30.8 Å². The van der Waals surface area contributed by atoms with Gasteiger partial charge in [0.15, 0.2) is 11.2 Å². The molecule has 0 aliphatic rings. The van der Waals surface area contributed by atoms with Crippen LogP contribution < -0.4 is 5.32 Å². The fourth-order valence-electron chi connectivity index (χ4n) is 3.57. The topological polar surface area (TPSA) is 98.7 Å². The largest absolute Gasteiger partial charge is 0.356 e. The number of anilines is 1. The molecule has 5 rings (SSSR count). The summed E-state index contributed by atoms with van der Waals surface area (Å²) < 4.78 is 7.50. The Morgan fingerprint density at radius 3 is 2.94 bits per heavy atom. The molecule has 0 radical (unpaired) electrons. The van der Waals surface area contributed by atoms with Gasteiger partial charge < -0.3 is 14.4 Å². The van der Waals surface area contributed by atoms with Gasteiger partial charge in [0.2, 0.25) is 11.1 Å². The number of aromatic nitrogens is 5. The van der Waals surface area contributed by atoms with Crippen molar-refractivity contribution < 1.29 is 9.32 Å². The predicted octanol–water partition coefficient (Wildman–Crippen LogP) is 4.56. The molecular formula is C22H18N6O2S. The molecule has 3 aromatic heterocycles. The highest BCUT2D eigenvalue weighted by Crippen LogP contribution is 2.30. The molecule has 154 valence electrons. The van der Waals surface area contributed by atoms with Crippen molar-refractivity contribution in [2.45, 2.75) is 24.4 Å². The minimum Gasteiger partial charge on any atom is -0.356 e. The number of fused-ring (bicyclic) bond motifs is 4. The molecule has 0 saturated carbocycles. The summed E-state index contributed by atoms with van der Waals surface area (Å²) in [5.41, 5.74) is 4.70. The smallest absolute Gasteiger partial charge is 0.221 e. The summed E-state index contributed by atoms with van der Waals surface area (Å²) in [5.74, 6) is 0.375. The van der Waals surface area contributed by atoms with E-state index >= 15 is 0 Å². The van der Waals surface area contributed by atoms with Gasteiger partial charge in [-0.2, -0.15) is 0 Å². The Balaban J connectivity index is 1.47. The lowest BCUT2D eigenvalue weighted by molar-refractivity contribution is -0.114. The zero-order chi connectivity index (χ0) is 21.4. The molecule has 3 heterocycles. The maximum atomic E-state index is 11.3. The average molecular weight is 430 g/mol. The fraction of sp³-hybridized carbons (Fsp3) is 0.136. The van der Waals surface area contributed by atoms with Crippen molar-refractivity contribution in [2.24, 2.45) is 0 Å². The molecule has 5 aromatic rings. The number of nitrogens with zero attached hydrogens (tertiary/aromatic N) is 5. The Kier molecular flexibility index (Phi) is 4.87. The number of para-hydroxylation sites is 1. The highest BCUT2D eigenvalue weighted by Gasteiger charge is 2.15. The fourth-order valence-corrected chi connectivity index (χ4v) is 4.29. The van der Waals surface area contributed by atoms with Crippen molar-refractivity contribution in [1.29, 1.82) is 0 Å². The van der Waals surface area contributed by atoms with E-state index in [-0.39, 0.29) is 5.91 Å². The van der Waals surface area contributed by atoms with Crippen LogP contribution >= 0.6 is 11.8 Å². The number of thioether (sulfide) groups is 1. The highest BCUT2D eigenvalue weighted by atomic mass is 32.2. The number of nitrogens with one attached hydrogen (secondary N) is 1. The molecule has 2 aromatic carbocycles. The number of carbonyl (C=O) groups is 1. The molecule has 8 nitrogen and oxygen atoms in total. The van der Waals surface area contributed by atoms with Crippen molar-refractivity contribution >= 4 is 56.4 Å². The van der Waals surface area contributed by atoms with Gasteiger partial charge in [0, 0.05) is 35.7 Å². The van der Waals surface area contributed by atoms with E-state index in [2.05, 4.69) is 31.8 Å². The highest BCUT2D eigenvalue weighted by molar-refractivity contribution is 7.98. The Morgan fingerprint density at radius 1 is 1.23 bits per heavy atom. The molecule has 0 aliphatic heterocycles. The normalized spacial score (nSPS) is 11.4. The van der Waals surface area contributed by atoms with Crippen molar-refractivity contribution in [3.05, 3.63) is 60.8 Å². The Bertz CT molecular complexity index is 1460. The van der Waals surface area contributed by atoms with Gasteiger partial charge in [0.05, 0.1) is 5.52 Å². The predicted molar refractivity (Wildman–Crippen MR) is 121 cm³/mol. The zero-order valence-corrected chi connectivity index (χ0v) is 17.5.